The van der Waals surface area contributed by atoms with Gasteiger partial charge in [-0.15, -0.1) is 0 Å². The van der Waals surface area contributed by atoms with Crippen molar-refractivity contribution < 1.29 is 17.6 Å². The van der Waals surface area contributed by atoms with E-state index in [-0.39, 0.29) is 0 Å². The van der Waals surface area contributed by atoms with Gasteiger partial charge in [0.2, 0.25) is 21.3 Å². The lowest BCUT2D eigenvalue weighted by Crippen LogP contribution is -1.77. The molecule has 0 aromatic rings. The van der Waals surface area contributed by atoms with E-state index in [4.69, 9.17) is 5.26 Å². The third-order valence-electron chi connectivity index (χ3n) is 0.688. The third-order valence-corrected chi connectivity index (χ3v) is 0.957. The Labute approximate surface area is 78.8 Å². The fourth-order valence-corrected chi connectivity index (χ4v) is 0.520. The van der Waals surface area contributed by atoms with Crippen molar-refractivity contribution >= 4 is 22.6 Å². The van der Waals surface area contributed by atoms with Crippen LogP contribution in [-0.2, 0) is 0 Å². The second-order valence-electron chi connectivity index (χ2n) is 1.44. The average molecular weight is 289 g/mol. The summed E-state index contributed by atoms with van der Waals surface area (Å²) in [5.74, 6) is -5.87. The molecule has 0 heterocycles. The average Bonchev–Trinajstić information content (AvgIpc) is 2.00. The maximum absolute atomic E-state index is 12.2. The first-order chi connectivity index (χ1) is 5.49. The minimum absolute atomic E-state index is 0.722. The summed E-state index contributed by atoms with van der Waals surface area (Å²) in [5.41, 5.74) is 1.22. The Morgan fingerprint density at radius 3 is 2.00 bits per heavy atom. The van der Waals surface area contributed by atoms with E-state index in [0.29, 0.717) is 0 Å². The standard InChI is InChI=1S/C6F4IN/c7-3(1-5(9)11)6(10)4(8)2-12. The Bertz CT molecular complexity index is 315. The summed E-state index contributed by atoms with van der Waals surface area (Å²) in [7, 11) is 0. The predicted octanol–water partition coefficient (Wildman–Crippen LogP) is 3.36. The van der Waals surface area contributed by atoms with Crippen LogP contribution in [0.5, 0.6) is 0 Å². The molecule has 0 amide bonds. The van der Waals surface area contributed by atoms with Crippen LogP contribution in [-0.4, -0.2) is 0 Å². The van der Waals surface area contributed by atoms with Gasteiger partial charge in [-0.05, 0) is 5.73 Å². The van der Waals surface area contributed by atoms with Crippen LogP contribution in [0.1, 0.15) is 0 Å². The number of nitriles is 1. The summed E-state index contributed by atoms with van der Waals surface area (Å²) in [6.45, 7) is 0. The Kier molecular flexibility index (Phi) is 4.62. The van der Waals surface area contributed by atoms with E-state index < -0.39 is 21.3 Å². The van der Waals surface area contributed by atoms with Crippen molar-refractivity contribution in [3.05, 3.63) is 27.0 Å². The number of halogens is 5. The van der Waals surface area contributed by atoms with Gasteiger partial charge in [-0.3, -0.25) is 0 Å². The van der Waals surface area contributed by atoms with E-state index in [0.717, 1.165) is 28.7 Å². The molecule has 0 atom stereocenters. The monoisotopic (exact) mass is 289 g/mol. The molecule has 0 aromatic carbocycles. The Balaban J connectivity index is 5.15. The maximum atomic E-state index is 12.2. The number of nitrogens with zero attached hydrogens (tertiary/aromatic N) is 1. The van der Waals surface area contributed by atoms with Gasteiger partial charge < -0.3 is 0 Å². The molecular formula is C6F4IN. The van der Waals surface area contributed by atoms with Crippen molar-refractivity contribution in [1.29, 1.82) is 5.26 Å². The predicted molar refractivity (Wildman–Crippen MR) is 41.6 cm³/mol. The highest BCUT2D eigenvalue weighted by atomic mass is 127. The molecule has 0 spiro atoms. The minimum Gasteiger partial charge on any atom is -0.199 e. The molecule has 1 nitrogen and oxygen atoms in total. The van der Waals surface area contributed by atoms with Crippen LogP contribution in [0.25, 0.3) is 0 Å². The number of hydrogen-bond acceptors (Lipinski definition) is 1. The maximum Gasteiger partial charge on any atom is 0.239 e. The van der Waals surface area contributed by atoms with Gasteiger partial charge in [0.15, 0.2) is 0 Å². The molecule has 0 bridgehead atoms. The van der Waals surface area contributed by atoms with Crippen LogP contribution in [0.4, 0.5) is 17.6 Å². The van der Waals surface area contributed by atoms with E-state index >= 15 is 0 Å². The second kappa shape index (κ2) is 4.95. The molecular weight excluding hydrogens is 289 g/mol. The molecule has 6 heteroatoms. The summed E-state index contributed by atoms with van der Waals surface area (Å²) >= 11 is 1.01. The highest BCUT2D eigenvalue weighted by molar-refractivity contribution is 14.1. The Morgan fingerprint density at radius 2 is 1.67 bits per heavy atom. The van der Waals surface area contributed by atoms with Gasteiger partial charge in [0.1, 0.15) is 6.07 Å². The van der Waals surface area contributed by atoms with Gasteiger partial charge in [-0.1, -0.05) is 0 Å². The molecule has 0 fully saturated rings. The zero-order chi connectivity index (χ0) is 9.72. The number of hydrogen-bond donors (Lipinski definition) is 0. The molecule has 64 valence electrons. The molecule has 0 aliphatic carbocycles. The second-order valence-corrected chi connectivity index (χ2v) is 2.39. The highest BCUT2D eigenvalue weighted by Crippen LogP contribution is 2.19. The van der Waals surface area contributed by atoms with E-state index in [9.17, 15) is 17.6 Å². The molecule has 0 rings (SSSR count). The van der Waals surface area contributed by atoms with Crippen molar-refractivity contribution in [3.63, 3.8) is 0 Å². The number of allylic oxidation sites excluding steroid dienone is 3. The van der Waals surface area contributed by atoms with Gasteiger partial charge in [-0.25, -0.2) is 0 Å². The van der Waals surface area contributed by atoms with E-state index in [1.807, 2.05) is 0 Å². The summed E-state index contributed by atoms with van der Waals surface area (Å²) in [4.78, 5) is 0. The topological polar surface area (TPSA) is 23.8 Å². The van der Waals surface area contributed by atoms with Crippen LogP contribution < -0.4 is 0 Å². The van der Waals surface area contributed by atoms with Crippen LogP contribution in [0.2, 0.25) is 0 Å². The first-order valence-electron chi connectivity index (χ1n) is 2.42. The molecule has 0 aromatic heterocycles. The fourth-order valence-electron chi connectivity index (χ4n) is 0.283. The SMILES string of the molecule is N#CC(F)=C(F)C(F)=C=C(F)I. The lowest BCUT2D eigenvalue weighted by molar-refractivity contribution is 0.505. The quantitative estimate of drug-likeness (QED) is 0.239. The summed E-state index contributed by atoms with van der Waals surface area (Å²) < 4.78 is 47.0. The van der Waals surface area contributed by atoms with Gasteiger partial charge in [0.05, 0.1) is 0 Å². The van der Waals surface area contributed by atoms with Crippen molar-refractivity contribution in [2.24, 2.45) is 0 Å². The molecule has 0 radical (unpaired) electrons. The molecule has 0 saturated heterocycles. The van der Waals surface area contributed by atoms with Crippen molar-refractivity contribution in [1.82, 2.24) is 0 Å². The molecule has 0 N–H and O–H groups in total. The van der Waals surface area contributed by atoms with Crippen LogP contribution in [0.15, 0.2) is 27.0 Å². The first kappa shape index (κ1) is 11.2. The smallest absolute Gasteiger partial charge is 0.199 e. The molecule has 12 heavy (non-hydrogen) atoms. The number of rotatable bonds is 1. The first-order valence-corrected chi connectivity index (χ1v) is 3.50. The largest absolute Gasteiger partial charge is 0.239 e. The van der Waals surface area contributed by atoms with E-state index in [2.05, 4.69) is 0 Å². The molecule has 0 aliphatic rings. The summed E-state index contributed by atoms with van der Waals surface area (Å²) in [6.07, 6.45) is 0. The van der Waals surface area contributed by atoms with Gasteiger partial charge in [0.25, 0.3) is 0 Å². The minimum atomic E-state index is -2.05. The van der Waals surface area contributed by atoms with E-state index in [1.54, 1.807) is 0 Å². The van der Waals surface area contributed by atoms with Crippen LogP contribution in [0.3, 0.4) is 0 Å². The third kappa shape index (κ3) is 3.55. The zero-order valence-corrected chi connectivity index (χ0v) is 7.49. The van der Waals surface area contributed by atoms with Gasteiger partial charge in [-0.2, -0.15) is 22.8 Å². The molecule has 0 unspecified atom stereocenters. The Morgan fingerprint density at radius 1 is 1.17 bits per heavy atom. The zero-order valence-electron chi connectivity index (χ0n) is 5.34. The lowest BCUT2D eigenvalue weighted by Gasteiger charge is -1.86. The van der Waals surface area contributed by atoms with Crippen LogP contribution in [0, 0.1) is 11.3 Å². The van der Waals surface area contributed by atoms with Gasteiger partial charge >= 0.3 is 0 Å². The normalized spacial score (nSPS) is 11.0. The highest BCUT2D eigenvalue weighted by Gasteiger charge is 2.10. The fraction of sp³-hybridized carbons (Fsp3) is 0. The van der Waals surface area contributed by atoms with Crippen molar-refractivity contribution in [2.75, 3.05) is 0 Å². The lowest BCUT2D eigenvalue weighted by atomic mass is 10.4. The molecule has 0 aliphatic heterocycles. The van der Waals surface area contributed by atoms with Gasteiger partial charge in [0, 0.05) is 22.6 Å². The summed E-state index contributed by atoms with van der Waals surface area (Å²) in [5, 5.41) is 7.76. The van der Waals surface area contributed by atoms with Crippen molar-refractivity contribution in [3.8, 4) is 6.07 Å². The molecule has 0 saturated carbocycles. The van der Waals surface area contributed by atoms with E-state index in [1.165, 1.54) is 5.73 Å². The van der Waals surface area contributed by atoms with Crippen molar-refractivity contribution in [2.45, 2.75) is 0 Å². The summed E-state index contributed by atoms with van der Waals surface area (Å²) in [6, 6.07) is 0.722. The Hall–Kier alpha value is -0.800. The van der Waals surface area contributed by atoms with Crippen LogP contribution >= 0.6 is 22.6 Å².